The van der Waals surface area contributed by atoms with Crippen molar-refractivity contribution in [2.75, 3.05) is 6.61 Å². The first kappa shape index (κ1) is 13.6. The van der Waals surface area contributed by atoms with E-state index in [2.05, 4.69) is 0 Å². The highest BCUT2D eigenvalue weighted by Gasteiger charge is 2.03. The van der Waals surface area contributed by atoms with Crippen molar-refractivity contribution >= 4 is 0 Å². The molecule has 0 aliphatic carbocycles. The number of rotatable bonds is 6. The van der Waals surface area contributed by atoms with Crippen molar-refractivity contribution in [3.05, 3.63) is 65.7 Å². The van der Waals surface area contributed by atoms with Gasteiger partial charge < -0.3 is 14.9 Å². The van der Waals surface area contributed by atoms with Crippen LogP contribution in [0.25, 0.3) is 0 Å². The van der Waals surface area contributed by atoms with Gasteiger partial charge in [-0.1, -0.05) is 42.5 Å². The zero-order valence-electron chi connectivity index (χ0n) is 10.7. The minimum Gasteiger partial charge on any atom is -0.489 e. The lowest BCUT2D eigenvalue weighted by Gasteiger charge is -2.09. The van der Waals surface area contributed by atoms with Gasteiger partial charge in [0.1, 0.15) is 12.4 Å². The van der Waals surface area contributed by atoms with Crippen LogP contribution in [0, 0.1) is 0 Å². The smallest absolute Gasteiger partial charge is 0.119 e. The molecule has 0 saturated heterocycles. The second kappa shape index (κ2) is 6.92. The quantitative estimate of drug-likeness (QED) is 0.834. The summed E-state index contributed by atoms with van der Waals surface area (Å²) in [5, 5.41) is 18.1. The van der Waals surface area contributed by atoms with E-state index in [4.69, 9.17) is 9.84 Å². The summed E-state index contributed by atoms with van der Waals surface area (Å²) in [6.07, 6.45) is -0.244. The minimum atomic E-state index is -0.698. The average Bonchev–Trinajstić information content (AvgIpc) is 2.47. The highest BCUT2D eigenvalue weighted by Crippen LogP contribution is 2.15. The van der Waals surface area contributed by atoms with Crippen LogP contribution in [0.3, 0.4) is 0 Å². The molecule has 0 radical (unpaired) electrons. The Balaban J connectivity index is 1.88. The minimum absolute atomic E-state index is 0.216. The van der Waals surface area contributed by atoms with Gasteiger partial charge in [0, 0.05) is 6.42 Å². The zero-order valence-corrected chi connectivity index (χ0v) is 10.7. The van der Waals surface area contributed by atoms with Crippen molar-refractivity contribution in [3.8, 4) is 5.75 Å². The Hall–Kier alpha value is -1.84. The van der Waals surface area contributed by atoms with E-state index >= 15 is 0 Å². The molecule has 2 rings (SSSR count). The molecular weight excluding hydrogens is 240 g/mol. The SMILES string of the molecule is OC[C@@H](O)Cc1ccc(OCc2ccccc2)cc1. The van der Waals surface area contributed by atoms with E-state index < -0.39 is 6.10 Å². The molecule has 0 saturated carbocycles. The Morgan fingerprint density at radius 2 is 1.58 bits per heavy atom. The van der Waals surface area contributed by atoms with Gasteiger partial charge in [-0.15, -0.1) is 0 Å². The van der Waals surface area contributed by atoms with Gasteiger partial charge in [0.2, 0.25) is 0 Å². The van der Waals surface area contributed by atoms with Crippen LogP contribution < -0.4 is 4.74 Å². The maximum atomic E-state index is 9.35. The third-order valence-corrected chi connectivity index (χ3v) is 2.85. The third kappa shape index (κ3) is 4.39. The lowest BCUT2D eigenvalue weighted by atomic mass is 10.1. The molecule has 19 heavy (non-hydrogen) atoms. The Kier molecular flexibility index (Phi) is 4.95. The van der Waals surface area contributed by atoms with Gasteiger partial charge in [0.25, 0.3) is 0 Å². The monoisotopic (exact) mass is 258 g/mol. The molecule has 0 spiro atoms. The van der Waals surface area contributed by atoms with Crippen molar-refractivity contribution in [1.82, 2.24) is 0 Å². The van der Waals surface area contributed by atoms with Crippen LogP contribution in [0.2, 0.25) is 0 Å². The van der Waals surface area contributed by atoms with Gasteiger partial charge >= 0.3 is 0 Å². The fourth-order valence-corrected chi connectivity index (χ4v) is 1.80. The topological polar surface area (TPSA) is 49.7 Å². The molecule has 3 nitrogen and oxygen atoms in total. The summed E-state index contributed by atoms with van der Waals surface area (Å²) in [7, 11) is 0. The fraction of sp³-hybridized carbons (Fsp3) is 0.250. The summed E-state index contributed by atoms with van der Waals surface area (Å²) >= 11 is 0. The van der Waals surface area contributed by atoms with Crippen molar-refractivity contribution in [2.45, 2.75) is 19.1 Å². The first-order valence-corrected chi connectivity index (χ1v) is 6.32. The lowest BCUT2D eigenvalue weighted by molar-refractivity contribution is 0.0955. The van der Waals surface area contributed by atoms with Crippen LogP contribution in [0.1, 0.15) is 11.1 Å². The van der Waals surface area contributed by atoms with Crippen molar-refractivity contribution in [2.24, 2.45) is 0 Å². The molecule has 3 heteroatoms. The van der Waals surface area contributed by atoms with Crippen LogP contribution in [0.5, 0.6) is 5.75 Å². The maximum absolute atomic E-state index is 9.35. The molecule has 0 aliphatic heterocycles. The van der Waals surface area contributed by atoms with Crippen LogP contribution in [-0.2, 0) is 13.0 Å². The molecule has 0 fully saturated rings. The normalized spacial score (nSPS) is 12.1. The highest BCUT2D eigenvalue weighted by atomic mass is 16.5. The maximum Gasteiger partial charge on any atom is 0.119 e. The molecule has 0 amide bonds. The standard InChI is InChI=1S/C16H18O3/c17-11-15(18)10-13-6-8-16(9-7-13)19-12-14-4-2-1-3-5-14/h1-9,15,17-18H,10-12H2/t15-/m0/s1. The van der Waals surface area contributed by atoms with E-state index in [0.29, 0.717) is 13.0 Å². The molecule has 2 aromatic rings. The molecule has 1 atom stereocenters. The largest absolute Gasteiger partial charge is 0.489 e. The number of benzene rings is 2. The molecule has 0 aliphatic rings. The summed E-state index contributed by atoms with van der Waals surface area (Å²) in [6.45, 7) is 0.325. The van der Waals surface area contributed by atoms with Gasteiger partial charge in [-0.3, -0.25) is 0 Å². The summed E-state index contributed by atoms with van der Waals surface area (Å²) in [5.74, 6) is 0.797. The average molecular weight is 258 g/mol. The molecule has 2 aromatic carbocycles. The fourth-order valence-electron chi connectivity index (χ4n) is 1.80. The van der Waals surface area contributed by atoms with Crippen LogP contribution in [0.4, 0.5) is 0 Å². The molecule has 0 unspecified atom stereocenters. The molecular formula is C16H18O3. The summed E-state index contributed by atoms with van der Waals surface area (Å²) in [4.78, 5) is 0. The molecule has 2 N–H and O–H groups in total. The molecule has 0 heterocycles. The number of aliphatic hydroxyl groups is 2. The molecule has 0 bridgehead atoms. The van der Waals surface area contributed by atoms with E-state index in [9.17, 15) is 5.11 Å². The summed E-state index contributed by atoms with van der Waals surface area (Å²) in [5.41, 5.74) is 2.11. The second-order valence-corrected chi connectivity index (χ2v) is 4.46. The number of ether oxygens (including phenoxy) is 1. The van der Waals surface area contributed by atoms with E-state index in [-0.39, 0.29) is 6.61 Å². The predicted molar refractivity (Wildman–Crippen MR) is 74.0 cm³/mol. The summed E-state index contributed by atoms with van der Waals surface area (Å²) in [6, 6.07) is 17.5. The van der Waals surface area contributed by atoms with E-state index in [0.717, 1.165) is 16.9 Å². The predicted octanol–water partition coefficient (Wildman–Crippen LogP) is 2.16. The van der Waals surface area contributed by atoms with Gasteiger partial charge in [-0.2, -0.15) is 0 Å². The lowest BCUT2D eigenvalue weighted by Crippen LogP contribution is -2.14. The van der Waals surface area contributed by atoms with E-state index in [1.165, 1.54) is 0 Å². The Bertz CT molecular complexity index is 479. The highest BCUT2D eigenvalue weighted by molar-refractivity contribution is 5.28. The van der Waals surface area contributed by atoms with E-state index in [1.807, 2.05) is 54.6 Å². The first-order valence-electron chi connectivity index (χ1n) is 6.32. The van der Waals surface area contributed by atoms with Crippen molar-refractivity contribution < 1.29 is 14.9 Å². The Morgan fingerprint density at radius 3 is 2.21 bits per heavy atom. The number of aliphatic hydroxyl groups excluding tert-OH is 2. The Morgan fingerprint density at radius 1 is 0.895 bits per heavy atom. The van der Waals surface area contributed by atoms with Gasteiger partial charge in [-0.25, -0.2) is 0 Å². The molecule has 0 aromatic heterocycles. The van der Waals surface area contributed by atoms with Crippen LogP contribution >= 0.6 is 0 Å². The first-order chi connectivity index (χ1) is 9.28. The Labute approximate surface area is 113 Å². The second-order valence-electron chi connectivity index (χ2n) is 4.46. The third-order valence-electron chi connectivity index (χ3n) is 2.85. The zero-order chi connectivity index (χ0) is 13.5. The van der Waals surface area contributed by atoms with Crippen molar-refractivity contribution in [3.63, 3.8) is 0 Å². The van der Waals surface area contributed by atoms with Crippen LogP contribution in [0.15, 0.2) is 54.6 Å². The van der Waals surface area contributed by atoms with Gasteiger partial charge in [-0.05, 0) is 23.3 Å². The van der Waals surface area contributed by atoms with E-state index in [1.54, 1.807) is 0 Å². The van der Waals surface area contributed by atoms with Crippen molar-refractivity contribution in [1.29, 1.82) is 0 Å². The molecule has 100 valence electrons. The van der Waals surface area contributed by atoms with Crippen LogP contribution in [-0.4, -0.2) is 22.9 Å². The van der Waals surface area contributed by atoms with Gasteiger partial charge in [0.15, 0.2) is 0 Å². The number of hydrogen-bond acceptors (Lipinski definition) is 3. The number of hydrogen-bond donors (Lipinski definition) is 2. The summed E-state index contributed by atoms with van der Waals surface area (Å²) < 4.78 is 5.67. The van der Waals surface area contributed by atoms with Gasteiger partial charge in [0.05, 0.1) is 12.7 Å².